The number of carbonyl (C=O) groups is 2. The van der Waals surface area contributed by atoms with Crippen LogP contribution in [0.25, 0.3) is 16.6 Å². The van der Waals surface area contributed by atoms with E-state index in [0.717, 1.165) is 27.8 Å². The smallest absolute Gasteiger partial charge is 0.410 e. The molecule has 1 fully saturated rings. The molecular formula is C31H33FN4O3. The molecule has 8 heteroatoms. The highest BCUT2D eigenvalue weighted by atomic mass is 19.1. The van der Waals surface area contributed by atoms with Gasteiger partial charge in [-0.3, -0.25) is 9.78 Å². The lowest BCUT2D eigenvalue weighted by atomic mass is 10.00. The summed E-state index contributed by atoms with van der Waals surface area (Å²) in [5.41, 5.74) is 3.88. The summed E-state index contributed by atoms with van der Waals surface area (Å²) in [7, 11) is 0. The average molecular weight is 529 g/mol. The molecule has 7 nitrogen and oxygen atoms in total. The second-order valence-electron chi connectivity index (χ2n) is 10.8. The number of amides is 2. The fourth-order valence-electron chi connectivity index (χ4n) is 5.07. The predicted octanol–water partition coefficient (Wildman–Crippen LogP) is 5.76. The van der Waals surface area contributed by atoms with Crippen LogP contribution in [-0.4, -0.2) is 63.1 Å². The minimum atomic E-state index is -0.583. The van der Waals surface area contributed by atoms with Crippen LogP contribution >= 0.6 is 0 Å². The third kappa shape index (κ3) is 5.37. The van der Waals surface area contributed by atoms with Crippen molar-refractivity contribution in [2.24, 2.45) is 0 Å². The van der Waals surface area contributed by atoms with E-state index in [2.05, 4.69) is 9.55 Å². The van der Waals surface area contributed by atoms with Crippen LogP contribution in [0.4, 0.5) is 9.18 Å². The molecule has 0 bridgehead atoms. The number of benzene rings is 2. The van der Waals surface area contributed by atoms with Crippen molar-refractivity contribution in [3.63, 3.8) is 0 Å². The Balaban J connectivity index is 1.56. The molecule has 4 aromatic rings. The normalized spacial score (nSPS) is 14.1. The lowest BCUT2D eigenvalue weighted by molar-refractivity contribution is 0.0141. The summed E-state index contributed by atoms with van der Waals surface area (Å²) in [5, 5.41) is 0.741. The number of carbonyl (C=O) groups excluding carboxylic acids is 2. The SMILES string of the molecule is Cc1c(F)cccc1Cc1c(C(=O)N2CCN(C(=O)OC(C)(C)C)CC2)c2cnccc2n1-c1ccccc1. The van der Waals surface area contributed by atoms with Gasteiger partial charge in [-0.1, -0.05) is 30.3 Å². The number of piperazine rings is 1. The number of hydrogen-bond acceptors (Lipinski definition) is 4. The molecule has 0 spiro atoms. The van der Waals surface area contributed by atoms with Crippen molar-refractivity contribution in [2.45, 2.75) is 39.7 Å². The fraction of sp³-hybridized carbons (Fsp3) is 0.323. The van der Waals surface area contributed by atoms with E-state index in [1.54, 1.807) is 35.2 Å². The standard InChI is InChI=1S/C31H33FN4O3/c1-21-22(9-8-12-25(21)32)19-27-28(24-20-33-14-13-26(24)36(27)23-10-6-5-7-11-23)29(37)34-15-17-35(18-16-34)30(38)39-31(2,3)4/h5-14,20H,15-19H2,1-4H3. The zero-order valence-electron chi connectivity index (χ0n) is 22.8. The Labute approximate surface area is 227 Å². The highest BCUT2D eigenvalue weighted by Crippen LogP contribution is 2.33. The number of rotatable bonds is 4. The number of nitrogens with zero attached hydrogens (tertiary/aromatic N) is 4. The number of ether oxygens (including phenoxy) is 1. The number of para-hydroxylation sites is 1. The minimum absolute atomic E-state index is 0.129. The van der Waals surface area contributed by atoms with Crippen molar-refractivity contribution in [1.82, 2.24) is 19.4 Å². The van der Waals surface area contributed by atoms with Crippen molar-refractivity contribution in [2.75, 3.05) is 26.2 Å². The number of fused-ring (bicyclic) bond motifs is 1. The van der Waals surface area contributed by atoms with Gasteiger partial charge in [0.15, 0.2) is 0 Å². The van der Waals surface area contributed by atoms with Gasteiger partial charge in [-0.25, -0.2) is 9.18 Å². The van der Waals surface area contributed by atoms with Gasteiger partial charge in [0.1, 0.15) is 11.4 Å². The molecule has 2 amide bonds. The molecule has 0 unspecified atom stereocenters. The van der Waals surface area contributed by atoms with Gasteiger partial charge < -0.3 is 19.1 Å². The fourth-order valence-corrected chi connectivity index (χ4v) is 5.07. The van der Waals surface area contributed by atoms with Gasteiger partial charge in [-0.2, -0.15) is 0 Å². The van der Waals surface area contributed by atoms with Crippen molar-refractivity contribution in [1.29, 1.82) is 0 Å². The van der Waals surface area contributed by atoms with E-state index >= 15 is 0 Å². The van der Waals surface area contributed by atoms with Crippen LogP contribution in [0.3, 0.4) is 0 Å². The van der Waals surface area contributed by atoms with Crippen LogP contribution in [0.5, 0.6) is 0 Å². The Morgan fingerprint density at radius 1 is 0.949 bits per heavy atom. The minimum Gasteiger partial charge on any atom is -0.444 e. The first kappa shape index (κ1) is 26.4. The molecule has 0 atom stereocenters. The van der Waals surface area contributed by atoms with E-state index in [0.29, 0.717) is 43.7 Å². The van der Waals surface area contributed by atoms with Gasteiger partial charge in [0.25, 0.3) is 5.91 Å². The van der Waals surface area contributed by atoms with E-state index in [1.807, 2.05) is 63.2 Å². The highest BCUT2D eigenvalue weighted by Gasteiger charge is 2.32. The molecule has 0 aliphatic carbocycles. The molecule has 202 valence electrons. The van der Waals surface area contributed by atoms with Crippen LogP contribution in [0, 0.1) is 12.7 Å². The van der Waals surface area contributed by atoms with Crippen LogP contribution < -0.4 is 0 Å². The number of aromatic nitrogens is 2. The van der Waals surface area contributed by atoms with Crippen LogP contribution in [-0.2, 0) is 11.2 Å². The summed E-state index contributed by atoms with van der Waals surface area (Å²) in [6.45, 7) is 8.81. The van der Waals surface area contributed by atoms with E-state index in [4.69, 9.17) is 4.74 Å². The summed E-state index contributed by atoms with van der Waals surface area (Å²) in [6.07, 6.45) is 3.43. The van der Waals surface area contributed by atoms with Crippen molar-refractivity contribution in [3.8, 4) is 5.69 Å². The third-order valence-corrected chi connectivity index (χ3v) is 7.05. The molecule has 39 heavy (non-hydrogen) atoms. The summed E-state index contributed by atoms with van der Waals surface area (Å²) in [6, 6.07) is 16.8. The molecular weight excluding hydrogens is 495 g/mol. The van der Waals surface area contributed by atoms with Gasteiger partial charge in [0.2, 0.25) is 0 Å². The zero-order valence-corrected chi connectivity index (χ0v) is 22.8. The van der Waals surface area contributed by atoms with Gasteiger partial charge in [0, 0.05) is 61.8 Å². The second kappa shape index (κ2) is 10.5. The summed E-state index contributed by atoms with van der Waals surface area (Å²) < 4.78 is 22.1. The molecule has 1 aliphatic rings. The van der Waals surface area contributed by atoms with Crippen molar-refractivity contribution >= 4 is 22.9 Å². The summed E-state index contributed by atoms with van der Waals surface area (Å²) in [4.78, 5) is 34.5. The second-order valence-corrected chi connectivity index (χ2v) is 10.8. The quantitative estimate of drug-likeness (QED) is 0.338. The van der Waals surface area contributed by atoms with Gasteiger partial charge >= 0.3 is 6.09 Å². The molecule has 1 saturated heterocycles. The van der Waals surface area contributed by atoms with Gasteiger partial charge in [-0.15, -0.1) is 0 Å². The number of pyridine rings is 1. The highest BCUT2D eigenvalue weighted by molar-refractivity contribution is 6.09. The Bertz CT molecular complexity index is 1520. The van der Waals surface area contributed by atoms with E-state index < -0.39 is 5.60 Å². The maximum atomic E-state index is 14.5. The summed E-state index contributed by atoms with van der Waals surface area (Å²) in [5.74, 6) is -0.404. The molecule has 0 saturated carbocycles. The van der Waals surface area contributed by atoms with Crippen LogP contribution in [0.1, 0.15) is 48.0 Å². The topological polar surface area (TPSA) is 67.7 Å². The largest absolute Gasteiger partial charge is 0.444 e. The first-order valence-corrected chi connectivity index (χ1v) is 13.2. The molecule has 5 rings (SSSR count). The third-order valence-electron chi connectivity index (χ3n) is 7.05. The predicted molar refractivity (Wildman–Crippen MR) is 149 cm³/mol. The van der Waals surface area contributed by atoms with Gasteiger partial charge in [0.05, 0.1) is 11.1 Å². The molecule has 3 heterocycles. The van der Waals surface area contributed by atoms with E-state index in [1.165, 1.54) is 6.07 Å². The van der Waals surface area contributed by atoms with Crippen molar-refractivity contribution in [3.05, 3.63) is 95.2 Å². The Morgan fingerprint density at radius 2 is 1.64 bits per heavy atom. The van der Waals surface area contributed by atoms with Crippen LogP contribution in [0.15, 0.2) is 67.0 Å². The molecule has 1 aliphatic heterocycles. The molecule has 2 aromatic heterocycles. The maximum Gasteiger partial charge on any atom is 0.410 e. The molecule has 0 radical (unpaired) electrons. The molecule has 2 aromatic carbocycles. The molecule has 0 N–H and O–H groups in total. The Hall–Kier alpha value is -4.20. The Kier molecular flexibility index (Phi) is 7.12. The maximum absolute atomic E-state index is 14.5. The first-order chi connectivity index (χ1) is 18.6. The lowest BCUT2D eigenvalue weighted by Gasteiger charge is -2.35. The van der Waals surface area contributed by atoms with Crippen molar-refractivity contribution < 1.29 is 18.7 Å². The Morgan fingerprint density at radius 3 is 2.33 bits per heavy atom. The first-order valence-electron chi connectivity index (χ1n) is 13.2. The zero-order chi connectivity index (χ0) is 27.7. The summed E-state index contributed by atoms with van der Waals surface area (Å²) >= 11 is 0. The van der Waals surface area contributed by atoms with E-state index in [9.17, 15) is 14.0 Å². The van der Waals surface area contributed by atoms with Gasteiger partial charge in [-0.05, 0) is 63.1 Å². The monoisotopic (exact) mass is 528 g/mol. The van der Waals surface area contributed by atoms with Crippen LogP contribution in [0.2, 0.25) is 0 Å². The van der Waals surface area contributed by atoms with E-state index in [-0.39, 0.29) is 17.8 Å². The lowest BCUT2D eigenvalue weighted by Crippen LogP contribution is -2.51. The number of halogens is 1. The average Bonchev–Trinajstić information content (AvgIpc) is 3.24. The number of hydrogen-bond donors (Lipinski definition) is 0.